The van der Waals surface area contributed by atoms with Gasteiger partial charge < -0.3 is 10.1 Å². The van der Waals surface area contributed by atoms with Crippen molar-refractivity contribution in [3.05, 3.63) is 24.3 Å². The lowest BCUT2D eigenvalue weighted by Gasteiger charge is -2.04. The van der Waals surface area contributed by atoms with E-state index in [9.17, 15) is 0 Å². The maximum atomic E-state index is 5.54. The standard InChI is InChI=1S/C12H19N3O/c1(7-16-9-11-2-3-11)5-13-8-12-4-6-14-10-15-12/h4,6,10-11,13H,1-3,5,7-9H2. The van der Waals surface area contributed by atoms with Crippen LogP contribution < -0.4 is 5.32 Å². The normalized spacial score (nSPS) is 15.2. The first-order chi connectivity index (χ1) is 7.95. The van der Waals surface area contributed by atoms with Gasteiger partial charge in [0.1, 0.15) is 6.33 Å². The zero-order valence-electron chi connectivity index (χ0n) is 9.56. The van der Waals surface area contributed by atoms with Gasteiger partial charge in [-0.2, -0.15) is 0 Å². The lowest BCUT2D eigenvalue weighted by molar-refractivity contribution is 0.122. The predicted octanol–water partition coefficient (Wildman–Crippen LogP) is 1.38. The SMILES string of the molecule is c1cc(CNCCCOCC2CC2)ncn1. The van der Waals surface area contributed by atoms with Crippen LogP contribution in [0.3, 0.4) is 0 Å². The van der Waals surface area contributed by atoms with Crippen molar-refractivity contribution in [3.8, 4) is 0 Å². The Kier molecular flexibility index (Phi) is 4.70. The summed E-state index contributed by atoms with van der Waals surface area (Å²) in [5, 5.41) is 3.34. The molecule has 1 aromatic heterocycles. The Bertz CT molecular complexity index is 288. The summed E-state index contributed by atoms with van der Waals surface area (Å²) in [5.74, 6) is 0.869. The molecule has 0 aliphatic heterocycles. The molecule has 0 saturated heterocycles. The van der Waals surface area contributed by atoms with E-state index >= 15 is 0 Å². The van der Waals surface area contributed by atoms with E-state index < -0.39 is 0 Å². The highest BCUT2D eigenvalue weighted by molar-refractivity contribution is 4.96. The Hall–Kier alpha value is -1.00. The van der Waals surface area contributed by atoms with Crippen molar-refractivity contribution in [2.45, 2.75) is 25.8 Å². The summed E-state index contributed by atoms with van der Waals surface area (Å²) in [4.78, 5) is 8.02. The van der Waals surface area contributed by atoms with E-state index in [1.165, 1.54) is 12.8 Å². The van der Waals surface area contributed by atoms with Gasteiger partial charge in [-0.3, -0.25) is 0 Å². The Morgan fingerprint density at radius 3 is 3.12 bits per heavy atom. The lowest BCUT2D eigenvalue weighted by atomic mass is 10.4. The summed E-state index contributed by atoms with van der Waals surface area (Å²) in [6.45, 7) is 3.62. The molecule has 0 unspecified atom stereocenters. The summed E-state index contributed by atoms with van der Waals surface area (Å²) >= 11 is 0. The summed E-state index contributed by atoms with van der Waals surface area (Å²) in [6, 6.07) is 1.93. The third kappa shape index (κ3) is 4.68. The monoisotopic (exact) mass is 221 g/mol. The first kappa shape index (κ1) is 11.5. The molecule has 1 heterocycles. The second kappa shape index (κ2) is 6.55. The molecule has 88 valence electrons. The van der Waals surface area contributed by atoms with Gasteiger partial charge in [-0.25, -0.2) is 9.97 Å². The van der Waals surface area contributed by atoms with E-state index in [1.54, 1.807) is 12.5 Å². The minimum Gasteiger partial charge on any atom is -0.381 e. The third-order valence-corrected chi connectivity index (χ3v) is 2.64. The topological polar surface area (TPSA) is 47.0 Å². The second-order valence-corrected chi connectivity index (χ2v) is 4.25. The van der Waals surface area contributed by atoms with Crippen molar-refractivity contribution < 1.29 is 4.74 Å². The Labute approximate surface area is 96.4 Å². The Morgan fingerprint density at radius 2 is 2.38 bits per heavy atom. The first-order valence-electron chi connectivity index (χ1n) is 5.98. The fourth-order valence-electron chi connectivity index (χ4n) is 1.47. The number of aromatic nitrogens is 2. The van der Waals surface area contributed by atoms with Crippen molar-refractivity contribution in [1.82, 2.24) is 15.3 Å². The first-order valence-corrected chi connectivity index (χ1v) is 5.98. The predicted molar refractivity (Wildman–Crippen MR) is 61.9 cm³/mol. The molecule has 1 aromatic rings. The molecular weight excluding hydrogens is 202 g/mol. The van der Waals surface area contributed by atoms with E-state index in [-0.39, 0.29) is 0 Å². The number of nitrogens with one attached hydrogen (secondary N) is 1. The third-order valence-electron chi connectivity index (χ3n) is 2.64. The van der Waals surface area contributed by atoms with Gasteiger partial charge >= 0.3 is 0 Å². The largest absolute Gasteiger partial charge is 0.381 e. The summed E-state index contributed by atoms with van der Waals surface area (Å²) < 4.78 is 5.54. The van der Waals surface area contributed by atoms with Crippen LogP contribution in [0.4, 0.5) is 0 Å². The number of rotatable bonds is 8. The summed E-state index contributed by atoms with van der Waals surface area (Å²) in [7, 11) is 0. The van der Waals surface area contributed by atoms with Crippen LogP contribution in [0.5, 0.6) is 0 Å². The van der Waals surface area contributed by atoms with Crippen LogP contribution in [0.15, 0.2) is 18.6 Å². The van der Waals surface area contributed by atoms with Crippen molar-refractivity contribution >= 4 is 0 Å². The molecule has 16 heavy (non-hydrogen) atoms. The van der Waals surface area contributed by atoms with Gasteiger partial charge in [0.25, 0.3) is 0 Å². The van der Waals surface area contributed by atoms with Crippen molar-refractivity contribution in [2.75, 3.05) is 19.8 Å². The molecule has 0 atom stereocenters. The molecule has 0 aromatic carbocycles. The highest BCUT2D eigenvalue weighted by Crippen LogP contribution is 2.28. The number of hydrogen-bond donors (Lipinski definition) is 1. The van der Waals surface area contributed by atoms with Crippen LogP contribution >= 0.6 is 0 Å². The molecule has 1 saturated carbocycles. The average molecular weight is 221 g/mol. The van der Waals surface area contributed by atoms with E-state index in [0.717, 1.165) is 44.3 Å². The molecule has 2 rings (SSSR count). The molecule has 1 aliphatic carbocycles. The molecule has 1 aliphatic rings. The number of nitrogens with zero attached hydrogens (tertiary/aromatic N) is 2. The Morgan fingerprint density at radius 1 is 1.44 bits per heavy atom. The van der Waals surface area contributed by atoms with Gasteiger partial charge in [0.2, 0.25) is 0 Å². The molecule has 1 N–H and O–H groups in total. The van der Waals surface area contributed by atoms with Gasteiger partial charge in [0.05, 0.1) is 5.69 Å². The van der Waals surface area contributed by atoms with E-state index in [0.29, 0.717) is 0 Å². The van der Waals surface area contributed by atoms with Crippen LogP contribution in [-0.4, -0.2) is 29.7 Å². The highest BCUT2D eigenvalue weighted by atomic mass is 16.5. The molecular formula is C12H19N3O. The number of ether oxygens (including phenoxy) is 1. The smallest absolute Gasteiger partial charge is 0.115 e. The van der Waals surface area contributed by atoms with Gasteiger partial charge in [-0.1, -0.05) is 0 Å². The molecule has 0 spiro atoms. The zero-order valence-corrected chi connectivity index (χ0v) is 9.56. The quantitative estimate of drug-likeness (QED) is 0.674. The number of hydrogen-bond acceptors (Lipinski definition) is 4. The molecule has 4 heteroatoms. The van der Waals surface area contributed by atoms with Crippen LogP contribution in [0, 0.1) is 5.92 Å². The minimum atomic E-state index is 0.811. The zero-order chi connectivity index (χ0) is 11.1. The fourth-order valence-corrected chi connectivity index (χ4v) is 1.47. The maximum Gasteiger partial charge on any atom is 0.115 e. The summed E-state index contributed by atoms with van der Waals surface area (Å²) in [5.41, 5.74) is 1.04. The van der Waals surface area contributed by atoms with Crippen molar-refractivity contribution in [2.24, 2.45) is 5.92 Å². The average Bonchev–Trinajstić information content (AvgIpc) is 3.13. The van der Waals surface area contributed by atoms with Crippen LogP contribution in [0.1, 0.15) is 25.0 Å². The molecule has 0 radical (unpaired) electrons. The van der Waals surface area contributed by atoms with Gasteiger partial charge in [0.15, 0.2) is 0 Å². The van der Waals surface area contributed by atoms with Gasteiger partial charge in [-0.05, 0) is 37.8 Å². The molecule has 4 nitrogen and oxygen atoms in total. The highest BCUT2D eigenvalue weighted by Gasteiger charge is 2.20. The van der Waals surface area contributed by atoms with E-state index in [4.69, 9.17) is 4.74 Å². The minimum absolute atomic E-state index is 0.811. The van der Waals surface area contributed by atoms with Gasteiger partial charge in [-0.15, -0.1) is 0 Å². The van der Waals surface area contributed by atoms with E-state index in [1.807, 2.05) is 6.07 Å². The fraction of sp³-hybridized carbons (Fsp3) is 0.667. The van der Waals surface area contributed by atoms with Gasteiger partial charge in [0, 0.05) is 26.0 Å². The second-order valence-electron chi connectivity index (χ2n) is 4.25. The Balaban J connectivity index is 1.42. The molecule has 0 amide bonds. The van der Waals surface area contributed by atoms with Crippen molar-refractivity contribution in [3.63, 3.8) is 0 Å². The van der Waals surface area contributed by atoms with Crippen LogP contribution in [-0.2, 0) is 11.3 Å². The van der Waals surface area contributed by atoms with E-state index in [2.05, 4.69) is 15.3 Å². The molecule has 0 bridgehead atoms. The summed E-state index contributed by atoms with van der Waals surface area (Å²) in [6.07, 6.45) is 7.15. The molecule has 1 fully saturated rings. The maximum absolute atomic E-state index is 5.54. The van der Waals surface area contributed by atoms with Crippen LogP contribution in [0.2, 0.25) is 0 Å². The van der Waals surface area contributed by atoms with Crippen molar-refractivity contribution in [1.29, 1.82) is 0 Å². The van der Waals surface area contributed by atoms with Crippen LogP contribution in [0.25, 0.3) is 0 Å². The lowest BCUT2D eigenvalue weighted by Crippen LogP contribution is -2.17.